The second kappa shape index (κ2) is 10.4. The molecule has 3 aromatic carbocycles. The maximum Gasteiger partial charge on any atom is 0.183 e. The lowest BCUT2D eigenvalue weighted by molar-refractivity contribution is -0.202. The maximum absolute atomic E-state index is 14.9. The molecule has 0 radical (unpaired) electrons. The van der Waals surface area contributed by atoms with Crippen LogP contribution in [0.15, 0.2) is 67.3 Å². The summed E-state index contributed by atoms with van der Waals surface area (Å²) in [7, 11) is 0. The molecule has 4 rings (SSSR count). The van der Waals surface area contributed by atoms with E-state index in [0.717, 1.165) is 12.8 Å². The molecule has 1 heterocycles. The minimum atomic E-state index is -0.865. The quantitative estimate of drug-likeness (QED) is 0.271. The number of halogens is 3. The second-order valence-electron chi connectivity index (χ2n) is 8.50. The van der Waals surface area contributed by atoms with Crippen LogP contribution in [0, 0.1) is 23.4 Å². The van der Waals surface area contributed by atoms with Gasteiger partial charge in [-0.3, -0.25) is 0 Å². The van der Waals surface area contributed by atoms with Gasteiger partial charge < -0.3 is 9.47 Å². The lowest BCUT2D eigenvalue weighted by Crippen LogP contribution is -2.25. The van der Waals surface area contributed by atoms with Crippen molar-refractivity contribution in [3.63, 3.8) is 0 Å². The summed E-state index contributed by atoms with van der Waals surface area (Å²) < 4.78 is 55.4. The first-order valence-corrected chi connectivity index (χ1v) is 11.2. The van der Waals surface area contributed by atoms with Crippen molar-refractivity contribution in [2.24, 2.45) is 5.92 Å². The molecular weight excluding hydrogens is 425 g/mol. The molecule has 1 saturated heterocycles. The van der Waals surface area contributed by atoms with E-state index >= 15 is 0 Å². The molecule has 0 atom stereocenters. The van der Waals surface area contributed by atoms with Crippen LogP contribution in [-0.4, -0.2) is 13.2 Å². The maximum atomic E-state index is 14.9. The molecule has 0 aromatic heterocycles. The largest absolute Gasteiger partial charge is 0.348 e. The summed E-state index contributed by atoms with van der Waals surface area (Å²) >= 11 is 0. The van der Waals surface area contributed by atoms with Crippen LogP contribution in [0.5, 0.6) is 0 Å². The van der Waals surface area contributed by atoms with Gasteiger partial charge in [0.25, 0.3) is 0 Å². The average molecular weight is 453 g/mol. The molecule has 1 fully saturated rings. The van der Waals surface area contributed by atoms with Crippen molar-refractivity contribution in [2.75, 3.05) is 13.2 Å². The Labute approximate surface area is 192 Å². The molecule has 0 bridgehead atoms. The van der Waals surface area contributed by atoms with Crippen LogP contribution < -0.4 is 0 Å². The Kier molecular flexibility index (Phi) is 7.31. The van der Waals surface area contributed by atoms with E-state index in [4.69, 9.17) is 9.47 Å². The minimum Gasteiger partial charge on any atom is -0.348 e. The van der Waals surface area contributed by atoms with E-state index in [-0.39, 0.29) is 5.56 Å². The van der Waals surface area contributed by atoms with E-state index in [0.29, 0.717) is 53.4 Å². The molecule has 1 aliphatic heterocycles. The van der Waals surface area contributed by atoms with E-state index < -0.39 is 23.7 Å². The van der Waals surface area contributed by atoms with Crippen molar-refractivity contribution in [3.05, 3.63) is 95.8 Å². The number of unbranched alkanes of at least 4 members (excludes halogenated alkanes) is 1. The second-order valence-corrected chi connectivity index (χ2v) is 8.50. The Morgan fingerprint density at radius 1 is 0.879 bits per heavy atom. The summed E-state index contributed by atoms with van der Waals surface area (Å²) in [4.78, 5) is 0. The van der Waals surface area contributed by atoms with Crippen LogP contribution in [0.2, 0.25) is 0 Å². The van der Waals surface area contributed by atoms with Crippen LogP contribution in [0.25, 0.3) is 22.3 Å². The molecular formula is C28H27F3O2. The fourth-order valence-electron chi connectivity index (χ4n) is 3.98. The SMILES string of the molecule is C=CCCCc1ccc(-c2ccc(-c3ccc(C4OCC(C)CO4)cc3F)cc2)c(F)c1F. The van der Waals surface area contributed by atoms with Crippen LogP contribution >= 0.6 is 0 Å². The molecule has 5 heteroatoms. The Bertz CT molecular complexity index is 1120. The summed E-state index contributed by atoms with van der Waals surface area (Å²) in [5.41, 5.74) is 2.76. The van der Waals surface area contributed by atoms with E-state index in [9.17, 15) is 13.2 Å². The zero-order chi connectivity index (χ0) is 23.4. The van der Waals surface area contributed by atoms with Crippen molar-refractivity contribution in [1.29, 1.82) is 0 Å². The smallest absolute Gasteiger partial charge is 0.183 e. The standard InChI is InChI=1S/C28H27F3O2/c1-3-4-5-6-21-11-14-24(27(31)26(21)30)20-9-7-19(8-10-20)23-13-12-22(15-25(23)29)28-32-16-18(2)17-33-28/h3,7-15,18,28H,1,4-6,16-17H2,2H3. The first-order valence-electron chi connectivity index (χ1n) is 11.2. The summed E-state index contributed by atoms with van der Waals surface area (Å²) in [5, 5.41) is 0. The molecule has 0 unspecified atom stereocenters. The third-order valence-electron chi connectivity index (χ3n) is 5.85. The Morgan fingerprint density at radius 3 is 2.15 bits per heavy atom. The van der Waals surface area contributed by atoms with E-state index in [1.54, 1.807) is 54.6 Å². The predicted octanol–water partition coefficient (Wildman–Crippen LogP) is 7.63. The third kappa shape index (κ3) is 5.21. The van der Waals surface area contributed by atoms with Crippen LogP contribution in [0.3, 0.4) is 0 Å². The summed E-state index contributed by atoms with van der Waals surface area (Å²) in [6.07, 6.45) is 3.13. The van der Waals surface area contributed by atoms with E-state index in [1.165, 1.54) is 6.07 Å². The molecule has 0 N–H and O–H groups in total. The number of hydrogen-bond donors (Lipinski definition) is 0. The first-order chi connectivity index (χ1) is 16.0. The molecule has 0 amide bonds. The molecule has 0 aliphatic carbocycles. The highest BCUT2D eigenvalue weighted by Gasteiger charge is 2.22. The fraction of sp³-hybridized carbons (Fsp3) is 0.286. The molecule has 2 nitrogen and oxygen atoms in total. The highest BCUT2D eigenvalue weighted by atomic mass is 19.2. The lowest BCUT2D eigenvalue weighted by atomic mass is 9.97. The fourth-order valence-corrected chi connectivity index (χ4v) is 3.98. The Morgan fingerprint density at radius 2 is 1.52 bits per heavy atom. The predicted molar refractivity (Wildman–Crippen MR) is 124 cm³/mol. The molecule has 3 aromatic rings. The van der Waals surface area contributed by atoms with Gasteiger partial charge in [-0.2, -0.15) is 0 Å². The normalized spacial score (nSPS) is 18.3. The summed E-state index contributed by atoms with van der Waals surface area (Å²) in [6.45, 7) is 6.82. The number of ether oxygens (including phenoxy) is 2. The van der Waals surface area contributed by atoms with Gasteiger partial charge >= 0.3 is 0 Å². The van der Waals surface area contributed by atoms with Crippen LogP contribution in [0.1, 0.15) is 37.2 Å². The van der Waals surface area contributed by atoms with Crippen LogP contribution in [0.4, 0.5) is 13.2 Å². The minimum absolute atomic E-state index is 0.183. The van der Waals surface area contributed by atoms with Gasteiger partial charge in [0.05, 0.1) is 13.2 Å². The highest BCUT2D eigenvalue weighted by Crippen LogP contribution is 2.32. The van der Waals surface area contributed by atoms with Gasteiger partial charge in [-0.25, -0.2) is 13.2 Å². The van der Waals surface area contributed by atoms with Gasteiger partial charge in [0, 0.05) is 22.6 Å². The van der Waals surface area contributed by atoms with Gasteiger partial charge in [0.2, 0.25) is 0 Å². The van der Waals surface area contributed by atoms with Crippen molar-refractivity contribution in [1.82, 2.24) is 0 Å². The number of allylic oxidation sites excluding steroid dienone is 1. The van der Waals surface area contributed by atoms with Gasteiger partial charge in [-0.1, -0.05) is 61.5 Å². The van der Waals surface area contributed by atoms with Crippen molar-refractivity contribution < 1.29 is 22.6 Å². The zero-order valence-corrected chi connectivity index (χ0v) is 18.6. The lowest BCUT2D eigenvalue weighted by Gasteiger charge is -2.27. The molecule has 1 aliphatic rings. The van der Waals surface area contributed by atoms with E-state index in [2.05, 4.69) is 6.58 Å². The van der Waals surface area contributed by atoms with Gasteiger partial charge in [0.15, 0.2) is 17.9 Å². The van der Waals surface area contributed by atoms with Gasteiger partial charge in [-0.05, 0) is 42.0 Å². The summed E-state index contributed by atoms with van der Waals surface area (Å²) in [6, 6.07) is 14.9. The number of aryl methyl sites for hydroxylation is 1. The summed E-state index contributed by atoms with van der Waals surface area (Å²) in [5.74, 6) is -1.76. The molecule has 0 spiro atoms. The van der Waals surface area contributed by atoms with Crippen molar-refractivity contribution >= 4 is 0 Å². The third-order valence-corrected chi connectivity index (χ3v) is 5.85. The van der Waals surface area contributed by atoms with Crippen LogP contribution in [-0.2, 0) is 15.9 Å². The topological polar surface area (TPSA) is 18.5 Å². The molecule has 172 valence electrons. The Hall–Kier alpha value is -2.89. The molecule has 33 heavy (non-hydrogen) atoms. The highest BCUT2D eigenvalue weighted by molar-refractivity contribution is 5.71. The monoisotopic (exact) mass is 452 g/mol. The van der Waals surface area contributed by atoms with Crippen molar-refractivity contribution in [3.8, 4) is 22.3 Å². The number of hydrogen-bond acceptors (Lipinski definition) is 2. The first kappa shape index (κ1) is 23.3. The zero-order valence-electron chi connectivity index (χ0n) is 18.6. The van der Waals surface area contributed by atoms with E-state index in [1.807, 2.05) is 6.92 Å². The number of rotatable bonds is 7. The average Bonchev–Trinajstić information content (AvgIpc) is 2.83. The Balaban J connectivity index is 1.53. The number of benzene rings is 3. The van der Waals surface area contributed by atoms with Gasteiger partial charge in [-0.15, -0.1) is 6.58 Å². The molecule has 0 saturated carbocycles. The van der Waals surface area contributed by atoms with Gasteiger partial charge in [0.1, 0.15) is 5.82 Å². The van der Waals surface area contributed by atoms with Crippen molar-refractivity contribution in [2.45, 2.75) is 32.5 Å².